The van der Waals surface area contributed by atoms with Gasteiger partial charge >= 0.3 is 0 Å². The standard InChI is InChI=1S/C12H23N3O/c1-10-2-6-15(7-3-10)12(16)9-14-5-4-11(13)8-14/h10-11H,2-9,13H2,1H3/t11-/m1/s1. The van der Waals surface area contributed by atoms with E-state index in [0.29, 0.717) is 12.5 Å². The monoisotopic (exact) mass is 225 g/mol. The molecule has 1 atom stereocenters. The third kappa shape index (κ3) is 2.95. The highest BCUT2D eigenvalue weighted by Crippen LogP contribution is 2.16. The number of hydrogen-bond donors (Lipinski definition) is 1. The van der Waals surface area contributed by atoms with Gasteiger partial charge in [-0.15, -0.1) is 0 Å². The molecule has 2 aliphatic rings. The summed E-state index contributed by atoms with van der Waals surface area (Å²) in [6, 6.07) is 0.272. The van der Waals surface area contributed by atoms with Crippen LogP contribution in [0.1, 0.15) is 26.2 Å². The summed E-state index contributed by atoms with van der Waals surface area (Å²) in [4.78, 5) is 16.2. The Morgan fingerprint density at radius 3 is 2.50 bits per heavy atom. The van der Waals surface area contributed by atoms with Crippen molar-refractivity contribution in [2.75, 3.05) is 32.7 Å². The summed E-state index contributed by atoms with van der Waals surface area (Å²) in [7, 11) is 0. The zero-order chi connectivity index (χ0) is 11.5. The third-order valence-corrected chi connectivity index (χ3v) is 3.80. The van der Waals surface area contributed by atoms with Gasteiger partial charge in [0.1, 0.15) is 0 Å². The Hall–Kier alpha value is -0.610. The van der Waals surface area contributed by atoms with Crippen molar-refractivity contribution in [3.63, 3.8) is 0 Å². The molecule has 0 aromatic heterocycles. The van der Waals surface area contributed by atoms with Crippen molar-refractivity contribution >= 4 is 5.91 Å². The Morgan fingerprint density at radius 2 is 1.94 bits per heavy atom. The molecule has 92 valence electrons. The number of nitrogens with two attached hydrogens (primary N) is 1. The van der Waals surface area contributed by atoms with Gasteiger partial charge in [-0.25, -0.2) is 0 Å². The molecule has 0 spiro atoms. The number of hydrogen-bond acceptors (Lipinski definition) is 3. The van der Waals surface area contributed by atoms with Crippen molar-refractivity contribution in [1.29, 1.82) is 0 Å². The van der Waals surface area contributed by atoms with Gasteiger partial charge in [0, 0.05) is 32.2 Å². The van der Waals surface area contributed by atoms with Crippen molar-refractivity contribution in [3.05, 3.63) is 0 Å². The molecule has 0 radical (unpaired) electrons. The number of piperidine rings is 1. The fourth-order valence-electron chi connectivity index (χ4n) is 2.56. The number of amides is 1. The Labute approximate surface area is 97.8 Å². The van der Waals surface area contributed by atoms with Crippen LogP contribution >= 0.6 is 0 Å². The summed E-state index contributed by atoms with van der Waals surface area (Å²) in [6.07, 6.45) is 3.35. The molecule has 0 bridgehead atoms. The first-order valence-corrected chi connectivity index (χ1v) is 6.41. The van der Waals surface area contributed by atoms with Crippen molar-refractivity contribution in [2.24, 2.45) is 11.7 Å². The Kier molecular flexibility index (Phi) is 3.82. The van der Waals surface area contributed by atoms with Crippen LogP contribution in [0.4, 0.5) is 0 Å². The lowest BCUT2D eigenvalue weighted by Gasteiger charge is -2.31. The van der Waals surface area contributed by atoms with Crippen LogP contribution in [-0.2, 0) is 4.79 Å². The molecular weight excluding hydrogens is 202 g/mol. The molecule has 4 heteroatoms. The molecular formula is C12H23N3O. The van der Waals surface area contributed by atoms with Gasteiger partial charge in [0.2, 0.25) is 5.91 Å². The van der Waals surface area contributed by atoms with Gasteiger partial charge in [-0.2, -0.15) is 0 Å². The predicted molar refractivity (Wildman–Crippen MR) is 64.0 cm³/mol. The first kappa shape index (κ1) is 11.9. The SMILES string of the molecule is CC1CCN(C(=O)CN2CC[C@@H](N)C2)CC1. The number of likely N-dealkylation sites (tertiary alicyclic amines) is 2. The summed E-state index contributed by atoms with van der Waals surface area (Å²) in [5, 5.41) is 0. The minimum atomic E-state index is 0.272. The van der Waals surface area contributed by atoms with Gasteiger partial charge in [-0.05, 0) is 25.2 Å². The second-order valence-corrected chi connectivity index (χ2v) is 5.35. The molecule has 2 N–H and O–H groups in total. The quantitative estimate of drug-likeness (QED) is 0.734. The van der Waals surface area contributed by atoms with Crippen LogP contribution in [-0.4, -0.2) is 54.5 Å². The largest absolute Gasteiger partial charge is 0.342 e. The average Bonchev–Trinajstić information content (AvgIpc) is 2.65. The second kappa shape index (κ2) is 5.15. The highest BCUT2D eigenvalue weighted by molar-refractivity contribution is 5.78. The number of carbonyl (C=O) groups is 1. The van der Waals surface area contributed by atoms with E-state index in [9.17, 15) is 4.79 Å². The van der Waals surface area contributed by atoms with Crippen LogP contribution in [0.5, 0.6) is 0 Å². The van der Waals surface area contributed by atoms with Crippen molar-refractivity contribution in [1.82, 2.24) is 9.80 Å². The summed E-state index contributed by atoms with van der Waals surface area (Å²) < 4.78 is 0. The molecule has 4 nitrogen and oxygen atoms in total. The maximum Gasteiger partial charge on any atom is 0.236 e. The number of carbonyl (C=O) groups excluding carboxylic acids is 1. The topological polar surface area (TPSA) is 49.6 Å². The molecule has 16 heavy (non-hydrogen) atoms. The number of nitrogens with zero attached hydrogens (tertiary/aromatic N) is 2. The van der Waals surface area contributed by atoms with Crippen LogP contribution in [0.2, 0.25) is 0 Å². The molecule has 0 aromatic rings. The smallest absolute Gasteiger partial charge is 0.236 e. The molecule has 0 aliphatic carbocycles. The van der Waals surface area contributed by atoms with Crippen LogP contribution in [0.25, 0.3) is 0 Å². The lowest BCUT2D eigenvalue weighted by molar-refractivity contribution is -0.133. The summed E-state index contributed by atoms with van der Waals surface area (Å²) in [6.45, 7) is 6.59. The molecule has 2 rings (SSSR count). The molecule has 0 aromatic carbocycles. The van der Waals surface area contributed by atoms with Crippen LogP contribution < -0.4 is 5.73 Å². The van der Waals surface area contributed by atoms with Gasteiger partial charge < -0.3 is 10.6 Å². The average molecular weight is 225 g/mol. The van der Waals surface area contributed by atoms with E-state index >= 15 is 0 Å². The van der Waals surface area contributed by atoms with E-state index in [0.717, 1.165) is 51.4 Å². The fraction of sp³-hybridized carbons (Fsp3) is 0.917. The second-order valence-electron chi connectivity index (χ2n) is 5.35. The minimum Gasteiger partial charge on any atom is -0.342 e. The third-order valence-electron chi connectivity index (χ3n) is 3.80. The zero-order valence-corrected chi connectivity index (χ0v) is 10.2. The maximum absolute atomic E-state index is 12.0. The van der Waals surface area contributed by atoms with Gasteiger partial charge in [0.15, 0.2) is 0 Å². The van der Waals surface area contributed by atoms with Crippen LogP contribution in [0.15, 0.2) is 0 Å². The van der Waals surface area contributed by atoms with Crippen LogP contribution in [0, 0.1) is 5.92 Å². The van der Waals surface area contributed by atoms with Crippen LogP contribution in [0.3, 0.4) is 0 Å². The minimum absolute atomic E-state index is 0.272. The van der Waals surface area contributed by atoms with E-state index in [1.165, 1.54) is 0 Å². The number of rotatable bonds is 2. The summed E-state index contributed by atoms with van der Waals surface area (Å²) >= 11 is 0. The van der Waals surface area contributed by atoms with Gasteiger partial charge in [-0.1, -0.05) is 6.92 Å². The molecule has 2 aliphatic heterocycles. The van der Waals surface area contributed by atoms with Crippen molar-refractivity contribution in [3.8, 4) is 0 Å². The lowest BCUT2D eigenvalue weighted by Crippen LogP contribution is -2.43. The van der Waals surface area contributed by atoms with E-state index in [2.05, 4.69) is 11.8 Å². The van der Waals surface area contributed by atoms with E-state index in [1.807, 2.05) is 4.90 Å². The van der Waals surface area contributed by atoms with Crippen molar-refractivity contribution < 1.29 is 4.79 Å². The molecule has 0 saturated carbocycles. The van der Waals surface area contributed by atoms with E-state index in [1.54, 1.807) is 0 Å². The Bertz CT molecular complexity index is 249. The zero-order valence-electron chi connectivity index (χ0n) is 10.2. The normalized spacial score (nSPS) is 28.6. The predicted octanol–water partition coefficient (Wildman–Crippen LogP) is 0.278. The Morgan fingerprint density at radius 1 is 1.25 bits per heavy atom. The highest BCUT2D eigenvalue weighted by Gasteiger charge is 2.25. The summed E-state index contributed by atoms with van der Waals surface area (Å²) in [5.74, 6) is 1.07. The van der Waals surface area contributed by atoms with E-state index < -0.39 is 0 Å². The van der Waals surface area contributed by atoms with Crippen molar-refractivity contribution in [2.45, 2.75) is 32.2 Å². The molecule has 2 heterocycles. The van der Waals surface area contributed by atoms with Gasteiger partial charge in [0.25, 0.3) is 0 Å². The highest BCUT2D eigenvalue weighted by atomic mass is 16.2. The first-order chi connectivity index (χ1) is 7.65. The molecule has 2 fully saturated rings. The maximum atomic E-state index is 12.0. The fourth-order valence-corrected chi connectivity index (χ4v) is 2.56. The lowest BCUT2D eigenvalue weighted by atomic mass is 9.99. The van der Waals surface area contributed by atoms with E-state index in [4.69, 9.17) is 5.73 Å². The molecule has 1 amide bonds. The van der Waals surface area contributed by atoms with E-state index in [-0.39, 0.29) is 6.04 Å². The van der Waals surface area contributed by atoms with Gasteiger partial charge in [0.05, 0.1) is 6.54 Å². The molecule has 0 unspecified atom stereocenters. The Balaban J connectivity index is 1.75. The first-order valence-electron chi connectivity index (χ1n) is 6.41. The molecule has 2 saturated heterocycles. The summed E-state index contributed by atoms with van der Waals surface area (Å²) in [5.41, 5.74) is 5.83. The van der Waals surface area contributed by atoms with Gasteiger partial charge in [-0.3, -0.25) is 9.69 Å².